The van der Waals surface area contributed by atoms with Gasteiger partial charge in [0.15, 0.2) is 0 Å². The second kappa shape index (κ2) is 2.87. The highest BCUT2D eigenvalue weighted by atomic mass is 32.2. The minimum atomic E-state index is -1.32. The summed E-state index contributed by atoms with van der Waals surface area (Å²) < 4.78 is 0. The van der Waals surface area contributed by atoms with Crippen LogP contribution in [-0.2, 0) is 9.59 Å². The molecule has 0 amide bonds. The molecule has 0 aromatic rings. The Hall–Kier alpha value is -0.750. The number of fused-ring (bicyclic) bond motifs is 1. The molecule has 0 bridgehead atoms. The molecule has 1 aliphatic heterocycles. The highest BCUT2D eigenvalue weighted by Gasteiger charge is 2.68. The Kier molecular flexibility index (Phi) is 2.01. The van der Waals surface area contributed by atoms with Crippen LogP contribution in [0, 0.1) is 11.8 Å². The molecule has 0 aromatic carbocycles. The van der Waals surface area contributed by atoms with Gasteiger partial charge in [0.2, 0.25) is 0 Å². The molecule has 1 saturated carbocycles. The lowest BCUT2D eigenvalue weighted by Crippen LogP contribution is -2.53. The second-order valence-corrected chi connectivity index (χ2v) is 5.11. The average molecular weight is 217 g/mol. The fraction of sp³-hybridized carbons (Fsp3) is 0.750. The molecule has 0 radical (unpaired) electrons. The van der Waals surface area contributed by atoms with Crippen molar-refractivity contribution in [1.29, 1.82) is 0 Å². The monoisotopic (exact) mass is 217 g/mol. The number of hydrogen-bond acceptors (Lipinski definition) is 4. The van der Waals surface area contributed by atoms with Gasteiger partial charge >= 0.3 is 11.9 Å². The van der Waals surface area contributed by atoms with Crippen molar-refractivity contribution in [2.75, 3.05) is 5.75 Å². The van der Waals surface area contributed by atoms with E-state index in [1.54, 1.807) is 0 Å². The van der Waals surface area contributed by atoms with Gasteiger partial charge in [-0.2, -0.15) is 11.8 Å². The van der Waals surface area contributed by atoms with Crippen molar-refractivity contribution in [3.63, 3.8) is 0 Å². The van der Waals surface area contributed by atoms with Gasteiger partial charge in [-0.1, -0.05) is 0 Å². The number of carbonyl (C=O) groups is 2. The molecule has 1 saturated heterocycles. The smallest absolute Gasteiger partial charge is 0.324 e. The van der Waals surface area contributed by atoms with Gasteiger partial charge in [0, 0.05) is 11.2 Å². The Labute approximate surface area is 84.7 Å². The summed E-state index contributed by atoms with van der Waals surface area (Å²) in [4.78, 5) is 21.7. The van der Waals surface area contributed by atoms with E-state index in [1.807, 2.05) is 0 Å². The van der Waals surface area contributed by atoms with Crippen molar-refractivity contribution in [3.05, 3.63) is 0 Å². The molecule has 5 nitrogen and oxygen atoms in total. The van der Waals surface area contributed by atoms with Crippen LogP contribution in [0.1, 0.15) is 6.42 Å². The molecule has 1 heterocycles. The molecule has 4 N–H and O–H groups in total. The van der Waals surface area contributed by atoms with Crippen LogP contribution in [0.15, 0.2) is 0 Å². The second-order valence-electron chi connectivity index (χ2n) is 3.82. The van der Waals surface area contributed by atoms with Crippen molar-refractivity contribution >= 4 is 23.7 Å². The van der Waals surface area contributed by atoms with E-state index in [9.17, 15) is 9.59 Å². The van der Waals surface area contributed by atoms with Gasteiger partial charge < -0.3 is 15.9 Å². The van der Waals surface area contributed by atoms with Crippen LogP contribution in [-0.4, -0.2) is 38.7 Å². The molecule has 0 unspecified atom stereocenters. The maximum atomic E-state index is 11.0. The van der Waals surface area contributed by atoms with Crippen LogP contribution < -0.4 is 5.73 Å². The average Bonchev–Trinajstić information content (AvgIpc) is 2.79. The van der Waals surface area contributed by atoms with Gasteiger partial charge in [0.05, 0.1) is 5.92 Å². The molecule has 6 heteroatoms. The number of carboxylic acids is 2. The molecule has 1 aliphatic carbocycles. The fourth-order valence-corrected chi connectivity index (χ4v) is 3.93. The van der Waals surface area contributed by atoms with Crippen LogP contribution in [0.25, 0.3) is 0 Å². The maximum absolute atomic E-state index is 11.0. The summed E-state index contributed by atoms with van der Waals surface area (Å²) in [6, 6.07) is 0. The topological polar surface area (TPSA) is 101 Å². The van der Waals surface area contributed by atoms with Gasteiger partial charge in [-0.15, -0.1) is 0 Å². The lowest BCUT2D eigenvalue weighted by molar-refractivity contribution is -0.145. The molecule has 2 fully saturated rings. The number of carboxylic acid groups (broad SMARTS) is 2. The first-order chi connectivity index (χ1) is 6.48. The van der Waals surface area contributed by atoms with E-state index >= 15 is 0 Å². The summed E-state index contributed by atoms with van der Waals surface area (Å²) in [5, 5.41) is 17.7. The Morgan fingerprint density at radius 1 is 1.43 bits per heavy atom. The number of hydrogen-bond donors (Lipinski definition) is 3. The quantitative estimate of drug-likeness (QED) is 0.582. The van der Waals surface area contributed by atoms with E-state index in [0.717, 1.165) is 0 Å². The highest BCUT2D eigenvalue weighted by Crippen LogP contribution is 2.58. The molecule has 2 aliphatic rings. The standard InChI is InChI=1S/C8H11NO4S/c9-8(7(12)13)1-2-14-5-3(4(5)8)6(10)11/h3-5H,1-2,9H2,(H,10,11)(H,12,13)/t3-,4-,5+,8+/m1/s1. The Morgan fingerprint density at radius 2 is 2.07 bits per heavy atom. The van der Waals surface area contributed by atoms with E-state index in [-0.39, 0.29) is 5.25 Å². The van der Waals surface area contributed by atoms with Crippen LogP contribution >= 0.6 is 11.8 Å². The number of nitrogens with two attached hydrogens (primary N) is 1. The summed E-state index contributed by atoms with van der Waals surface area (Å²) in [7, 11) is 0. The summed E-state index contributed by atoms with van der Waals surface area (Å²) in [5.41, 5.74) is 4.42. The third kappa shape index (κ3) is 1.14. The zero-order valence-electron chi connectivity index (χ0n) is 7.34. The summed E-state index contributed by atoms with van der Waals surface area (Å²) >= 11 is 1.52. The van der Waals surface area contributed by atoms with Gasteiger partial charge in [-0.25, -0.2) is 0 Å². The third-order valence-corrected chi connectivity index (χ3v) is 4.47. The SMILES string of the molecule is N[C@@]1(C(=O)O)CCS[C@H]2[C@H](C(=O)O)[C@H]21. The minimum absolute atomic E-state index is 0.0950. The zero-order valence-corrected chi connectivity index (χ0v) is 8.16. The lowest BCUT2D eigenvalue weighted by Gasteiger charge is -2.28. The molecule has 4 atom stereocenters. The van der Waals surface area contributed by atoms with Crippen LogP contribution in [0.2, 0.25) is 0 Å². The van der Waals surface area contributed by atoms with Crippen molar-refractivity contribution in [1.82, 2.24) is 0 Å². The van der Waals surface area contributed by atoms with Crippen LogP contribution in [0.4, 0.5) is 0 Å². The first-order valence-corrected chi connectivity index (χ1v) is 5.40. The molecule has 0 aromatic heterocycles. The van der Waals surface area contributed by atoms with E-state index in [2.05, 4.69) is 0 Å². The van der Waals surface area contributed by atoms with E-state index < -0.39 is 29.3 Å². The molecule has 78 valence electrons. The lowest BCUT2D eigenvalue weighted by atomic mass is 9.90. The van der Waals surface area contributed by atoms with Crippen LogP contribution in [0.3, 0.4) is 0 Å². The molecule has 0 spiro atoms. The third-order valence-electron chi connectivity index (χ3n) is 3.06. The molecule has 14 heavy (non-hydrogen) atoms. The summed E-state index contributed by atoms with van der Waals surface area (Å²) in [5.74, 6) is -2.32. The number of rotatable bonds is 2. The Balaban J connectivity index is 2.22. The van der Waals surface area contributed by atoms with E-state index in [4.69, 9.17) is 15.9 Å². The molecular weight excluding hydrogens is 206 g/mol. The largest absolute Gasteiger partial charge is 0.481 e. The number of aliphatic carboxylic acids is 2. The van der Waals surface area contributed by atoms with Gasteiger partial charge in [0.25, 0.3) is 0 Å². The Bertz CT molecular complexity index is 308. The van der Waals surface area contributed by atoms with E-state index in [0.29, 0.717) is 12.2 Å². The van der Waals surface area contributed by atoms with Gasteiger partial charge in [-0.05, 0) is 12.2 Å². The Morgan fingerprint density at radius 3 is 2.57 bits per heavy atom. The first-order valence-electron chi connectivity index (χ1n) is 4.35. The normalized spacial score (nSPS) is 45.4. The van der Waals surface area contributed by atoms with Crippen molar-refractivity contribution in [2.45, 2.75) is 17.2 Å². The molecular formula is C8H11NO4S. The van der Waals surface area contributed by atoms with E-state index in [1.165, 1.54) is 11.8 Å². The summed E-state index contributed by atoms with van der Waals surface area (Å²) in [6.45, 7) is 0. The molecule has 2 rings (SSSR count). The predicted molar refractivity (Wildman–Crippen MR) is 50.0 cm³/mol. The maximum Gasteiger partial charge on any atom is 0.324 e. The van der Waals surface area contributed by atoms with Crippen molar-refractivity contribution < 1.29 is 19.8 Å². The minimum Gasteiger partial charge on any atom is -0.481 e. The number of thioether (sulfide) groups is 1. The zero-order chi connectivity index (χ0) is 10.5. The van der Waals surface area contributed by atoms with Gasteiger partial charge in [-0.3, -0.25) is 9.59 Å². The van der Waals surface area contributed by atoms with Gasteiger partial charge in [0.1, 0.15) is 5.54 Å². The van der Waals surface area contributed by atoms with Crippen molar-refractivity contribution in [3.8, 4) is 0 Å². The highest BCUT2D eigenvalue weighted by molar-refractivity contribution is 8.00. The predicted octanol–water partition coefficient (Wildman–Crippen LogP) is -0.395. The summed E-state index contributed by atoms with van der Waals surface area (Å²) in [6.07, 6.45) is 0.359. The van der Waals surface area contributed by atoms with Crippen LogP contribution in [0.5, 0.6) is 0 Å². The first kappa shape index (κ1) is 9.79. The fourth-order valence-electron chi connectivity index (χ4n) is 2.18. The van der Waals surface area contributed by atoms with Crippen molar-refractivity contribution in [2.24, 2.45) is 17.6 Å².